The molecule has 1 unspecified atom stereocenters. The van der Waals surface area contributed by atoms with Gasteiger partial charge in [-0.1, -0.05) is 20.8 Å². The second kappa shape index (κ2) is 7.26. The van der Waals surface area contributed by atoms with Crippen molar-refractivity contribution in [2.24, 2.45) is 0 Å². The molecule has 0 aliphatic carbocycles. The first-order valence-corrected chi connectivity index (χ1v) is 7.23. The maximum atomic E-state index is 12.1. The highest BCUT2D eigenvalue weighted by Gasteiger charge is 2.33. The molecule has 118 valence electrons. The molecule has 0 fully saturated rings. The molecule has 0 saturated heterocycles. The Hall–Kier alpha value is -1.82. The maximum Gasteiger partial charge on any atom is 0.329 e. The molecule has 6 nitrogen and oxygen atoms in total. The van der Waals surface area contributed by atoms with Gasteiger partial charge in [-0.2, -0.15) is 0 Å². The fraction of sp³-hybridized carbons (Fsp3) is 0.600. The van der Waals surface area contributed by atoms with Gasteiger partial charge in [-0.15, -0.1) is 0 Å². The van der Waals surface area contributed by atoms with Crippen LogP contribution in [-0.4, -0.2) is 40.5 Å². The van der Waals surface area contributed by atoms with E-state index in [1.54, 1.807) is 19.1 Å². The Bertz CT molecular complexity index is 494. The summed E-state index contributed by atoms with van der Waals surface area (Å²) >= 11 is 0. The van der Waals surface area contributed by atoms with Gasteiger partial charge in [-0.25, -0.2) is 4.79 Å². The van der Waals surface area contributed by atoms with Crippen molar-refractivity contribution in [3.05, 3.63) is 23.7 Å². The van der Waals surface area contributed by atoms with Crippen LogP contribution in [0.5, 0.6) is 0 Å². The number of carbonyl (C=O) groups excluding carboxylic acids is 1. The van der Waals surface area contributed by atoms with Crippen LogP contribution in [0.2, 0.25) is 0 Å². The van der Waals surface area contributed by atoms with Crippen molar-refractivity contribution in [1.82, 2.24) is 10.2 Å². The summed E-state index contributed by atoms with van der Waals surface area (Å²) < 4.78 is 5.50. The molecule has 0 aliphatic rings. The van der Waals surface area contributed by atoms with E-state index >= 15 is 0 Å². The molecule has 0 radical (unpaired) electrons. The van der Waals surface area contributed by atoms with Gasteiger partial charge in [0.15, 0.2) is 5.76 Å². The molecule has 0 bridgehead atoms. The SMILES string of the molecule is CCN(CC)Cc1ccc(C(=O)NC(C)(CC)C(=O)O)o1. The highest BCUT2D eigenvalue weighted by molar-refractivity contribution is 5.95. The molecule has 0 spiro atoms. The van der Waals surface area contributed by atoms with Crippen molar-refractivity contribution in [3.8, 4) is 0 Å². The Morgan fingerprint density at radius 3 is 2.38 bits per heavy atom. The number of hydrogen-bond acceptors (Lipinski definition) is 4. The Morgan fingerprint density at radius 2 is 1.90 bits per heavy atom. The topological polar surface area (TPSA) is 82.8 Å². The molecule has 1 heterocycles. The van der Waals surface area contributed by atoms with Crippen molar-refractivity contribution in [3.63, 3.8) is 0 Å². The number of hydrogen-bond donors (Lipinski definition) is 2. The fourth-order valence-corrected chi connectivity index (χ4v) is 1.86. The molecule has 1 rings (SSSR count). The van der Waals surface area contributed by atoms with E-state index in [0.717, 1.165) is 13.1 Å². The third kappa shape index (κ3) is 4.32. The van der Waals surface area contributed by atoms with Crippen LogP contribution in [0.25, 0.3) is 0 Å². The standard InChI is InChI=1S/C15H24N2O4/c1-5-15(4,14(19)20)16-13(18)12-9-8-11(21-12)10-17(6-2)7-3/h8-9H,5-7,10H2,1-4H3,(H,16,18)(H,19,20). The van der Waals surface area contributed by atoms with Crippen LogP contribution in [0.4, 0.5) is 0 Å². The summed E-state index contributed by atoms with van der Waals surface area (Å²) in [6.45, 7) is 9.72. The molecule has 2 N–H and O–H groups in total. The van der Waals surface area contributed by atoms with Crippen LogP contribution in [0.3, 0.4) is 0 Å². The molecular weight excluding hydrogens is 272 g/mol. The number of carbonyl (C=O) groups is 2. The maximum absolute atomic E-state index is 12.1. The van der Waals surface area contributed by atoms with Crippen LogP contribution in [0, 0.1) is 0 Å². The van der Waals surface area contributed by atoms with Crippen LogP contribution in [-0.2, 0) is 11.3 Å². The molecule has 6 heteroatoms. The van der Waals surface area contributed by atoms with Gasteiger partial charge in [0.1, 0.15) is 11.3 Å². The van der Waals surface area contributed by atoms with Crippen molar-refractivity contribution >= 4 is 11.9 Å². The quantitative estimate of drug-likeness (QED) is 0.767. The van der Waals surface area contributed by atoms with Gasteiger partial charge < -0.3 is 14.8 Å². The zero-order valence-corrected chi connectivity index (χ0v) is 13.1. The number of rotatable bonds is 8. The highest BCUT2D eigenvalue weighted by Crippen LogP contribution is 2.14. The molecule has 0 aliphatic heterocycles. The number of nitrogens with zero attached hydrogens (tertiary/aromatic N) is 1. The molecule has 1 atom stereocenters. The summed E-state index contributed by atoms with van der Waals surface area (Å²) in [7, 11) is 0. The summed E-state index contributed by atoms with van der Waals surface area (Å²) in [5, 5.41) is 11.7. The zero-order valence-electron chi connectivity index (χ0n) is 13.1. The number of carboxylic acid groups (broad SMARTS) is 1. The molecule has 0 saturated carbocycles. The third-order valence-corrected chi connectivity index (χ3v) is 3.73. The third-order valence-electron chi connectivity index (χ3n) is 3.73. The molecule has 1 aromatic rings. The first-order valence-electron chi connectivity index (χ1n) is 7.23. The largest absolute Gasteiger partial charge is 0.480 e. The van der Waals surface area contributed by atoms with Crippen LogP contribution >= 0.6 is 0 Å². The van der Waals surface area contributed by atoms with E-state index in [0.29, 0.717) is 18.7 Å². The number of carboxylic acids is 1. The van der Waals surface area contributed by atoms with Gasteiger partial charge >= 0.3 is 5.97 Å². The Kier molecular flexibility index (Phi) is 5.96. The molecule has 21 heavy (non-hydrogen) atoms. The summed E-state index contributed by atoms with van der Waals surface area (Å²) in [5.74, 6) is -0.740. The van der Waals surface area contributed by atoms with E-state index in [-0.39, 0.29) is 5.76 Å². The highest BCUT2D eigenvalue weighted by atomic mass is 16.4. The van der Waals surface area contributed by atoms with E-state index in [1.165, 1.54) is 6.92 Å². The van der Waals surface area contributed by atoms with Gasteiger partial charge in [0.25, 0.3) is 5.91 Å². The minimum Gasteiger partial charge on any atom is -0.480 e. The van der Waals surface area contributed by atoms with Gasteiger partial charge in [0.05, 0.1) is 6.54 Å². The second-order valence-electron chi connectivity index (χ2n) is 5.17. The minimum atomic E-state index is -1.29. The number of furan rings is 1. The summed E-state index contributed by atoms with van der Waals surface area (Å²) in [4.78, 5) is 25.4. The van der Waals surface area contributed by atoms with Crippen LogP contribution in [0.1, 0.15) is 50.4 Å². The van der Waals surface area contributed by atoms with Crippen molar-refractivity contribution in [1.29, 1.82) is 0 Å². The lowest BCUT2D eigenvalue weighted by molar-refractivity contribution is -0.143. The predicted molar refractivity (Wildman–Crippen MR) is 79.1 cm³/mol. The Morgan fingerprint density at radius 1 is 1.29 bits per heavy atom. The molecule has 1 aromatic heterocycles. The lowest BCUT2D eigenvalue weighted by Gasteiger charge is -2.23. The molecule has 1 amide bonds. The Balaban J connectivity index is 2.76. The van der Waals surface area contributed by atoms with E-state index in [2.05, 4.69) is 24.1 Å². The average Bonchev–Trinajstić information content (AvgIpc) is 2.92. The van der Waals surface area contributed by atoms with E-state index in [9.17, 15) is 9.59 Å². The van der Waals surface area contributed by atoms with Crippen molar-refractivity contribution in [2.45, 2.75) is 46.2 Å². The predicted octanol–water partition coefficient (Wildman–Crippen LogP) is 2.10. The van der Waals surface area contributed by atoms with Gasteiger partial charge in [0, 0.05) is 0 Å². The summed E-state index contributed by atoms with van der Waals surface area (Å²) in [5.41, 5.74) is -1.29. The van der Waals surface area contributed by atoms with Gasteiger partial charge in [0.2, 0.25) is 0 Å². The summed E-state index contributed by atoms with van der Waals surface area (Å²) in [6, 6.07) is 3.32. The van der Waals surface area contributed by atoms with Crippen molar-refractivity contribution < 1.29 is 19.1 Å². The van der Waals surface area contributed by atoms with Crippen LogP contribution < -0.4 is 5.32 Å². The minimum absolute atomic E-state index is 0.137. The van der Waals surface area contributed by atoms with E-state index in [4.69, 9.17) is 9.52 Å². The zero-order chi connectivity index (χ0) is 16.0. The van der Waals surface area contributed by atoms with E-state index in [1.807, 2.05) is 0 Å². The average molecular weight is 296 g/mol. The first kappa shape index (κ1) is 17.2. The van der Waals surface area contributed by atoms with Crippen molar-refractivity contribution in [2.75, 3.05) is 13.1 Å². The number of amides is 1. The first-order chi connectivity index (χ1) is 9.86. The van der Waals surface area contributed by atoms with Crippen LogP contribution in [0.15, 0.2) is 16.5 Å². The Labute approximate surface area is 125 Å². The lowest BCUT2D eigenvalue weighted by atomic mass is 9.99. The van der Waals surface area contributed by atoms with Gasteiger partial charge in [-0.05, 0) is 38.6 Å². The monoisotopic (exact) mass is 296 g/mol. The normalized spacial score (nSPS) is 14.0. The fourth-order valence-electron chi connectivity index (χ4n) is 1.86. The molecular formula is C15H24N2O4. The second-order valence-corrected chi connectivity index (χ2v) is 5.17. The molecule has 0 aromatic carbocycles. The summed E-state index contributed by atoms with van der Waals surface area (Å²) in [6.07, 6.45) is 0.293. The number of aliphatic carboxylic acids is 1. The smallest absolute Gasteiger partial charge is 0.329 e. The number of nitrogens with one attached hydrogen (secondary N) is 1. The van der Waals surface area contributed by atoms with E-state index < -0.39 is 17.4 Å². The lowest BCUT2D eigenvalue weighted by Crippen LogP contribution is -2.51. The van der Waals surface area contributed by atoms with Gasteiger partial charge in [-0.3, -0.25) is 9.69 Å².